The quantitative estimate of drug-likeness (QED) is 0.244. The van der Waals surface area contributed by atoms with Gasteiger partial charge in [-0.2, -0.15) is 0 Å². The normalized spacial score (nSPS) is 12.8. The van der Waals surface area contributed by atoms with Gasteiger partial charge < -0.3 is 10.1 Å². The standard InChI is InChI=1S/C29H29N3O4S/c1-2-3-14-36-29(35)20-10-12-23(13-11-20)31-25(33)16-32-18-30-27-26(28(32)34)24(17-37-27)22-9-8-19-6-4-5-7-21(19)15-22/h8-13,15,17-18H,2-7,14,16H2,1H3,(H,31,33). The van der Waals surface area contributed by atoms with E-state index in [2.05, 4.69) is 28.5 Å². The van der Waals surface area contributed by atoms with Gasteiger partial charge in [-0.3, -0.25) is 14.2 Å². The Labute approximate surface area is 219 Å². The summed E-state index contributed by atoms with van der Waals surface area (Å²) in [5, 5.41) is 5.30. The molecule has 0 bridgehead atoms. The number of nitrogens with zero attached hydrogens (tertiary/aromatic N) is 2. The van der Waals surface area contributed by atoms with Crippen molar-refractivity contribution in [3.8, 4) is 11.1 Å². The molecule has 7 nitrogen and oxygen atoms in total. The summed E-state index contributed by atoms with van der Waals surface area (Å²) in [5.41, 5.74) is 5.34. The molecule has 1 amide bonds. The Kier molecular flexibility index (Phi) is 7.46. The summed E-state index contributed by atoms with van der Waals surface area (Å²) in [7, 11) is 0. The summed E-state index contributed by atoms with van der Waals surface area (Å²) in [4.78, 5) is 43.3. The van der Waals surface area contributed by atoms with E-state index in [1.807, 2.05) is 12.3 Å². The Hall–Kier alpha value is -3.78. The predicted molar refractivity (Wildman–Crippen MR) is 146 cm³/mol. The second-order valence-electron chi connectivity index (χ2n) is 9.31. The minimum Gasteiger partial charge on any atom is -0.462 e. The lowest BCUT2D eigenvalue weighted by molar-refractivity contribution is -0.116. The van der Waals surface area contributed by atoms with Gasteiger partial charge in [0.15, 0.2) is 0 Å². The minimum atomic E-state index is -0.386. The summed E-state index contributed by atoms with van der Waals surface area (Å²) < 4.78 is 6.55. The van der Waals surface area contributed by atoms with Crippen LogP contribution in [0.2, 0.25) is 0 Å². The first-order valence-electron chi connectivity index (χ1n) is 12.7. The molecule has 0 spiro atoms. The van der Waals surface area contributed by atoms with Gasteiger partial charge in [0.05, 0.1) is 23.9 Å². The molecule has 0 saturated heterocycles. The number of carbonyl (C=O) groups is 2. The highest BCUT2D eigenvalue weighted by Gasteiger charge is 2.17. The van der Waals surface area contributed by atoms with Crippen LogP contribution in [0.5, 0.6) is 0 Å². The first kappa shape index (κ1) is 24.9. The largest absolute Gasteiger partial charge is 0.462 e. The van der Waals surface area contributed by atoms with Gasteiger partial charge in [-0.15, -0.1) is 11.3 Å². The van der Waals surface area contributed by atoms with Crippen molar-refractivity contribution in [1.82, 2.24) is 9.55 Å². The van der Waals surface area contributed by atoms with Gasteiger partial charge >= 0.3 is 5.97 Å². The topological polar surface area (TPSA) is 90.3 Å². The number of hydrogen-bond acceptors (Lipinski definition) is 6. The molecular formula is C29H29N3O4S. The van der Waals surface area contributed by atoms with Crippen molar-refractivity contribution in [1.29, 1.82) is 0 Å². The molecule has 5 rings (SSSR count). The average molecular weight is 516 g/mol. The minimum absolute atomic E-state index is 0.165. The number of esters is 1. The van der Waals surface area contributed by atoms with E-state index in [1.165, 1.54) is 46.2 Å². The van der Waals surface area contributed by atoms with Crippen molar-refractivity contribution < 1.29 is 14.3 Å². The zero-order valence-electron chi connectivity index (χ0n) is 20.8. The molecule has 2 heterocycles. The number of fused-ring (bicyclic) bond motifs is 2. The number of thiophene rings is 1. The van der Waals surface area contributed by atoms with Crippen molar-refractivity contribution in [2.24, 2.45) is 0 Å². The van der Waals surface area contributed by atoms with Crippen LogP contribution in [-0.2, 0) is 28.9 Å². The number of nitrogens with one attached hydrogen (secondary N) is 1. The molecule has 1 N–H and O–H groups in total. The number of ether oxygens (including phenoxy) is 1. The van der Waals surface area contributed by atoms with Gasteiger partial charge in [-0.05, 0) is 73.1 Å². The van der Waals surface area contributed by atoms with Crippen molar-refractivity contribution in [3.63, 3.8) is 0 Å². The lowest BCUT2D eigenvalue weighted by Crippen LogP contribution is -2.27. The smallest absolute Gasteiger partial charge is 0.338 e. The molecule has 0 unspecified atom stereocenters. The maximum absolute atomic E-state index is 13.4. The molecule has 0 fully saturated rings. The second kappa shape index (κ2) is 11.1. The van der Waals surface area contributed by atoms with Gasteiger partial charge in [0, 0.05) is 16.6 Å². The number of anilines is 1. The van der Waals surface area contributed by atoms with E-state index in [-0.39, 0.29) is 24.0 Å². The zero-order valence-corrected chi connectivity index (χ0v) is 21.6. The molecular weight excluding hydrogens is 486 g/mol. The zero-order chi connectivity index (χ0) is 25.8. The van der Waals surface area contributed by atoms with Gasteiger partial charge in [-0.1, -0.05) is 31.5 Å². The van der Waals surface area contributed by atoms with Crippen LogP contribution < -0.4 is 10.9 Å². The van der Waals surface area contributed by atoms with Crippen LogP contribution >= 0.6 is 11.3 Å². The van der Waals surface area contributed by atoms with Crippen LogP contribution in [0.25, 0.3) is 21.3 Å². The number of amides is 1. The number of aryl methyl sites for hydroxylation is 2. The number of hydrogen-bond donors (Lipinski definition) is 1. The fourth-order valence-electron chi connectivity index (χ4n) is 4.63. The fraction of sp³-hybridized carbons (Fsp3) is 0.310. The molecule has 0 radical (unpaired) electrons. The highest BCUT2D eigenvalue weighted by atomic mass is 32.1. The molecule has 2 aromatic carbocycles. The SMILES string of the molecule is CCCCOC(=O)c1ccc(NC(=O)Cn2cnc3scc(-c4ccc5c(c4)CCCC5)c3c2=O)cc1. The highest BCUT2D eigenvalue weighted by Crippen LogP contribution is 2.33. The fourth-order valence-corrected chi connectivity index (χ4v) is 5.54. The van der Waals surface area contributed by atoms with E-state index in [1.54, 1.807) is 24.3 Å². The molecule has 8 heteroatoms. The van der Waals surface area contributed by atoms with Crippen molar-refractivity contribution in [2.75, 3.05) is 11.9 Å². The van der Waals surface area contributed by atoms with Crippen LogP contribution in [0.1, 0.15) is 54.1 Å². The van der Waals surface area contributed by atoms with Crippen LogP contribution in [-0.4, -0.2) is 28.0 Å². The Morgan fingerprint density at radius 3 is 2.65 bits per heavy atom. The van der Waals surface area contributed by atoms with Crippen LogP contribution in [0, 0.1) is 0 Å². The lowest BCUT2D eigenvalue weighted by Gasteiger charge is -2.16. The lowest BCUT2D eigenvalue weighted by atomic mass is 9.89. The first-order valence-corrected chi connectivity index (χ1v) is 13.6. The summed E-state index contributed by atoms with van der Waals surface area (Å²) >= 11 is 1.44. The van der Waals surface area contributed by atoms with E-state index in [0.717, 1.165) is 36.8 Å². The summed E-state index contributed by atoms with van der Waals surface area (Å²) in [6.45, 7) is 2.25. The van der Waals surface area contributed by atoms with Crippen LogP contribution in [0.3, 0.4) is 0 Å². The molecule has 190 valence electrons. The van der Waals surface area contributed by atoms with Gasteiger partial charge in [0.1, 0.15) is 11.4 Å². The van der Waals surface area contributed by atoms with E-state index in [9.17, 15) is 14.4 Å². The maximum Gasteiger partial charge on any atom is 0.338 e. The predicted octanol–water partition coefficient (Wildman–Crippen LogP) is 5.60. The van der Waals surface area contributed by atoms with E-state index in [0.29, 0.717) is 28.1 Å². The monoisotopic (exact) mass is 515 g/mol. The molecule has 37 heavy (non-hydrogen) atoms. The van der Waals surface area contributed by atoms with Crippen molar-refractivity contribution in [3.05, 3.63) is 81.2 Å². The number of benzene rings is 2. The van der Waals surface area contributed by atoms with Crippen LogP contribution in [0.4, 0.5) is 5.69 Å². The molecule has 1 aliphatic carbocycles. The number of aromatic nitrogens is 2. The van der Waals surface area contributed by atoms with Gasteiger partial charge in [-0.25, -0.2) is 9.78 Å². The molecule has 4 aromatic rings. The first-order chi connectivity index (χ1) is 18.0. The Bertz CT molecular complexity index is 1500. The summed E-state index contributed by atoms with van der Waals surface area (Å²) in [5.74, 6) is -0.741. The number of rotatable bonds is 8. The van der Waals surface area contributed by atoms with Gasteiger partial charge in [0.2, 0.25) is 5.91 Å². The molecule has 0 aliphatic heterocycles. The van der Waals surface area contributed by atoms with E-state index >= 15 is 0 Å². The average Bonchev–Trinajstić information content (AvgIpc) is 3.35. The Balaban J connectivity index is 1.31. The van der Waals surface area contributed by atoms with Crippen LogP contribution in [0.15, 0.2) is 59.0 Å². The molecule has 0 atom stereocenters. The van der Waals surface area contributed by atoms with Crippen molar-refractivity contribution in [2.45, 2.75) is 52.0 Å². The van der Waals surface area contributed by atoms with Crippen molar-refractivity contribution >= 4 is 39.1 Å². The summed E-state index contributed by atoms with van der Waals surface area (Å²) in [6.07, 6.45) is 7.78. The van der Waals surface area contributed by atoms with Gasteiger partial charge in [0.25, 0.3) is 5.56 Å². The van der Waals surface area contributed by atoms with E-state index < -0.39 is 0 Å². The third-order valence-corrected chi connectivity index (χ3v) is 7.56. The Morgan fingerprint density at radius 1 is 1.08 bits per heavy atom. The molecule has 1 aliphatic rings. The summed E-state index contributed by atoms with van der Waals surface area (Å²) in [6, 6.07) is 13.0. The Morgan fingerprint density at radius 2 is 1.86 bits per heavy atom. The third-order valence-electron chi connectivity index (χ3n) is 6.67. The number of unbranched alkanes of at least 4 members (excludes halogenated alkanes) is 1. The molecule has 0 saturated carbocycles. The molecule has 2 aromatic heterocycles. The maximum atomic E-state index is 13.4. The highest BCUT2D eigenvalue weighted by molar-refractivity contribution is 7.17. The number of carbonyl (C=O) groups excluding carboxylic acids is 2. The van der Waals surface area contributed by atoms with E-state index in [4.69, 9.17) is 4.74 Å². The third kappa shape index (κ3) is 5.49. The second-order valence-corrected chi connectivity index (χ2v) is 10.2.